The number of ether oxygens (including phenoxy) is 3. The summed E-state index contributed by atoms with van der Waals surface area (Å²) in [6.07, 6.45) is 1.19. The van der Waals surface area contributed by atoms with Crippen LogP contribution in [0.3, 0.4) is 0 Å². The molecule has 4 amide bonds. The van der Waals surface area contributed by atoms with Gasteiger partial charge in [-0.25, -0.2) is 18.2 Å². The minimum absolute atomic E-state index is 0.0396. The monoisotopic (exact) mass is 983 g/mol. The Hall–Kier alpha value is -5.70. The number of carbonyl (C=O) groups excluding carboxylic acids is 4. The molecule has 8 rings (SSSR count). The lowest BCUT2D eigenvalue weighted by Crippen LogP contribution is -2.58. The number of rotatable bonds is 10. The van der Waals surface area contributed by atoms with Crippen LogP contribution in [0.15, 0.2) is 60.0 Å². The third kappa shape index (κ3) is 10.5. The molecule has 2 aliphatic carbocycles. The van der Waals surface area contributed by atoms with E-state index in [0.717, 1.165) is 6.42 Å². The van der Waals surface area contributed by atoms with Crippen molar-refractivity contribution in [1.29, 1.82) is 0 Å². The van der Waals surface area contributed by atoms with Gasteiger partial charge >= 0.3 is 12.5 Å². The van der Waals surface area contributed by atoms with Crippen LogP contribution in [0.25, 0.3) is 32.9 Å². The summed E-state index contributed by atoms with van der Waals surface area (Å²) >= 11 is 1.32. The summed E-state index contributed by atoms with van der Waals surface area (Å²) in [7, 11) is -4.05. The highest BCUT2D eigenvalue weighted by Gasteiger charge is 2.63. The highest BCUT2D eigenvalue weighted by molar-refractivity contribution is 7.91. The van der Waals surface area contributed by atoms with Crippen LogP contribution in [0, 0.1) is 5.92 Å². The van der Waals surface area contributed by atoms with Crippen LogP contribution in [0.1, 0.15) is 105 Å². The molecule has 2 aromatic heterocycles. The molecule has 21 heteroatoms. The molecule has 0 radical (unpaired) electrons. The lowest BCUT2D eigenvalue weighted by molar-refractivity contribution is -0.274. The van der Waals surface area contributed by atoms with Crippen molar-refractivity contribution in [2.24, 2.45) is 5.92 Å². The van der Waals surface area contributed by atoms with Crippen molar-refractivity contribution in [3.05, 3.63) is 60.0 Å². The third-order valence-corrected chi connectivity index (χ3v) is 15.8. The van der Waals surface area contributed by atoms with E-state index in [1.54, 1.807) is 33.1 Å². The standard InChI is InChI=1S/C47H56F3N7O9S2/c1-27(2)57-35-16-12-14-32(39-51-34(26-67-39)28-17-19-30(20-18-28)65-47(48,49)50)37(35)53-42(57)64-31-23-36-38(58)54-46(41(60)55-68(62,63)45(6)21-22-45)24-29(46)13-10-8-7-9-11-15-33(40(59)56(36)25-31)52-43(61)66-44(3,4)5/h10,12-14,16-20,26-27,29,31,33,36H,7-9,11,15,21-25H2,1-6H3,(H,52,61)(H,54,58)(H,55,60)/b13-10-/t29-,31-,33+,36+,46-/m1/s1. The van der Waals surface area contributed by atoms with Gasteiger partial charge < -0.3 is 29.7 Å². The summed E-state index contributed by atoms with van der Waals surface area (Å²) in [5.41, 5.74) is 0.582. The highest BCUT2D eigenvalue weighted by atomic mass is 32.2. The second-order valence-electron chi connectivity index (χ2n) is 19.5. The fourth-order valence-electron chi connectivity index (χ4n) is 8.75. The Kier molecular flexibility index (Phi) is 13.1. The topological polar surface area (TPSA) is 200 Å². The van der Waals surface area contributed by atoms with Gasteiger partial charge in [-0.05, 0) is 116 Å². The van der Waals surface area contributed by atoms with Gasteiger partial charge in [-0.15, -0.1) is 24.5 Å². The van der Waals surface area contributed by atoms with E-state index in [-0.39, 0.29) is 43.6 Å². The number of hydrogen-bond donors (Lipinski definition) is 3. The van der Waals surface area contributed by atoms with E-state index in [0.29, 0.717) is 65.0 Å². The summed E-state index contributed by atoms with van der Waals surface area (Å²) in [5.74, 6) is -2.92. The van der Waals surface area contributed by atoms with Gasteiger partial charge in [0.25, 0.3) is 11.9 Å². The van der Waals surface area contributed by atoms with E-state index in [4.69, 9.17) is 19.4 Å². The number of imidazole rings is 1. The molecule has 0 bridgehead atoms. The largest absolute Gasteiger partial charge is 0.573 e. The summed E-state index contributed by atoms with van der Waals surface area (Å²) < 4.78 is 84.2. The maximum atomic E-state index is 14.8. The number of allylic oxidation sites excluding steroid dienone is 1. The van der Waals surface area contributed by atoms with Gasteiger partial charge in [0.2, 0.25) is 21.8 Å². The number of para-hydroxylation sites is 1. The molecule has 4 heterocycles. The molecule has 1 saturated heterocycles. The molecule has 16 nitrogen and oxygen atoms in total. The van der Waals surface area contributed by atoms with Crippen LogP contribution in [-0.2, 0) is 29.1 Å². The zero-order valence-corrected chi connectivity index (χ0v) is 40.3. The van der Waals surface area contributed by atoms with Crippen LogP contribution in [-0.4, -0.2) is 98.6 Å². The maximum Gasteiger partial charge on any atom is 0.573 e. The number of alkyl halides is 3. The van der Waals surface area contributed by atoms with Crippen molar-refractivity contribution >= 4 is 56.2 Å². The second kappa shape index (κ2) is 18.3. The number of halogens is 3. The number of hydrogen-bond acceptors (Lipinski definition) is 12. The molecule has 68 heavy (non-hydrogen) atoms. The third-order valence-electron chi connectivity index (χ3n) is 12.8. The second-order valence-corrected chi connectivity index (χ2v) is 22.6. The lowest BCUT2D eigenvalue weighted by Gasteiger charge is -2.30. The van der Waals surface area contributed by atoms with Crippen molar-refractivity contribution in [2.75, 3.05) is 6.54 Å². The normalized spacial score (nSPS) is 24.8. The highest BCUT2D eigenvalue weighted by Crippen LogP contribution is 2.48. The fraction of sp³-hybridized carbons (Fsp3) is 0.532. The Labute approximate surface area is 396 Å². The zero-order chi connectivity index (χ0) is 49.0. The van der Waals surface area contributed by atoms with Crippen LogP contribution < -0.4 is 24.8 Å². The molecule has 4 aliphatic rings. The van der Waals surface area contributed by atoms with Crippen molar-refractivity contribution < 1.29 is 55.0 Å². The molecule has 366 valence electrons. The molecule has 0 spiro atoms. The summed E-state index contributed by atoms with van der Waals surface area (Å²) in [4.78, 5) is 67.8. The van der Waals surface area contributed by atoms with Crippen LogP contribution >= 0.6 is 11.3 Å². The Morgan fingerprint density at radius 2 is 1.75 bits per heavy atom. The van der Waals surface area contributed by atoms with Crippen molar-refractivity contribution in [3.8, 4) is 33.6 Å². The molecule has 2 saturated carbocycles. The van der Waals surface area contributed by atoms with Gasteiger partial charge in [0, 0.05) is 34.9 Å². The number of sulfonamides is 1. The molecular formula is C47H56F3N7O9S2. The number of thiazole rings is 1. The van der Waals surface area contributed by atoms with Crippen LogP contribution in [0.5, 0.6) is 11.8 Å². The van der Waals surface area contributed by atoms with Crippen LogP contribution in [0.4, 0.5) is 18.0 Å². The fourth-order valence-corrected chi connectivity index (χ4v) is 10.9. The quantitative estimate of drug-likeness (QED) is 0.130. The molecule has 2 aliphatic heterocycles. The minimum Gasteiger partial charge on any atom is -0.459 e. The van der Waals surface area contributed by atoms with Gasteiger partial charge in [-0.2, -0.15) is 4.98 Å². The Morgan fingerprint density at radius 3 is 2.43 bits per heavy atom. The van der Waals surface area contributed by atoms with Gasteiger partial charge in [0.05, 0.1) is 22.5 Å². The first kappa shape index (κ1) is 48.7. The number of nitrogens with zero attached hydrogens (tertiary/aromatic N) is 4. The first-order chi connectivity index (χ1) is 32.0. The average molecular weight is 984 g/mol. The average Bonchev–Trinajstić information content (AvgIpc) is 3.92. The molecule has 3 N–H and O–H groups in total. The van der Waals surface area contributed by atoms with E-state index in [1.807, 2.05) is 48.8 Å². The Morgan fingerprint density at radius 1 is 1.01 bits per heavy atom. The van der Waals surface area contributed by atoms with E-state index in [9.17, 15) is 40.8 Å². The number of nitrogens with one attached hydrogen (secondary N) is 3. The van der Waals surface area contributed by atoms with E-state index in [2.05, 4.69) is 20.1 Å². The van der Waals surface area contributed by atoms with Gasteiger partial charge in [0.1, 0.15) is 45.6 Å². The summed E-state index contributed by atoms with van der Waals surface area (Å²) in [5, 5.41) is 8.01. The molecule has 5 atom stereocenters. The van der Waals surface area contributed by atoms with Crippen molar-refractivity contribution in [1.82, 2.24) is 34.8 Å². The number of aromatic nitrogens is 3. The predicted octanol–water partition coefficient (Wildman–Crippen LogP) is 7.94. The zero-order valence-electron chi connectivity index (χ0n) is 38.6. The molecular weight excluding hydrogens is 928 g/mol. The van der Waals surface area contributed by atoms with Crippen molar-refractivity contribution in [3.63, 3.8) is 0 Å². The first-order valence-corrected chi connectivity index (χ1v) is 25.2. The van der Waals surface area contributed by atoms with Crippen molar-refractivity contribution in [2.45, 2.75) is 146 Å². The predicted molar refractivity (Wildman–Crippen MR) is 247 cm³/mol. The number of alkyl carbamates (subject to hydrolysis) is 1. The van der Waals surface area contributed by atoms with E-state index >= 15 is 0 Å². The molecule has 2 aromatic carbocycles. The molecule has 0 unspecified atom stereocenters. The summed E-state index contributed by atoms with van der Waals surface area (Å²) in [6.45, 7) is 10.5. The maximum absolute atomic E-state index is 14.8. The van der Waals surface area contributed by atoms with E-state index < -0.39 is 80.2 Å². The smallest absolute Gasteiger partial charge is 0.459 e. The molecule has 3 fully saturated rings. The number of fused-ring (bicyclic) bond motifs is 3. The van der Waals surface area contributed by atoms with E-state index in [1.165, 1.54) is 40.5 Å². The number of benzene rings is 2. The number of amides is 4. The SMILES string of the molecule is CC(C)n1c(O[C@@H]2C[C@H]3C(=O)N[C@]4(C(=O)NS(=O)(=O)C5(C)CC5)C[C@H]4/C=C\CCCCC[C@H](NC(=O)OC(C)(C)C)C(=O)N3C2)nc2c(-c3nc(-c4ccc(OC(F)(F)F)cc4)cs3)cccc21. The minimum atomic E-state index is -4.82. The Balaban J connectivity index is 1.10. The summed E-state index contributed by atoms with van der Waals surface area (Å²) in [6, 6.07) is 8.72. The lowest BCUT2D eigenvalue weighted by atomic mass is 10.0. The number of carbonyl (C=O) groups is 4. The first-order valence-electron chi connectivity index (χ1n) is 22.8. The van der Waals surface area contributed by atoms with Crippen LogP contribution in [0.2, 0.25) is 0 Å². The van der Waals surface area contributed by atoms with Gasteiger partial charge in [0.15, 0.2) is 0 Å². The van der Waals surface area contributed by atoms with Gasteiger partial charge in [-0.3, -0.25) is 23.7 Å². The Bertz CT molecular complexity index is 2730. The van der Waals surface area contributed by atoms with Gasteiger partial charge in [-0.1, -0.05) is 31.1 Å². The molecule has 4 aromatic rings.